The van der Waals surface area contributed by atoms with Gasteiger partial charge in [-0.25, -0.2) is 4.52 Å². The predicted molar refractivity (Wildman–Crippen MR) is 89.9 cm³/mol. The molecule has 0 aliphatic heterocycles. The summed E-state index contributed by atoms with van der Waals surface area (Å²) in [5.41, 5.74) is 1.92. The summed E-state index contributed by atoms with van der Waals surface area (Å²) >= 11 is 4.68. The lowest BCUT2D eigenvalue weighted by Gasteiger charge is -2.02. The van der Waals surface area contributed by atoms with Crippen LogP contribution in [-0.2, 0) is 4.79 Å². The Hall–Kier alpha value is -1.93. The lowest BCUT2D eigenvalue weighted by molar-refractivity contribution is -0.115. The second-order valence-corrected chi connectivity index (χ2v) is 6.79. The van der Waals surface area contributed by atoms with E-state index < -0.39 is 0 Å². The standard InChI is InChI=1S/C14H13BrN4O2S/c1-8(15)12(20)16-13-17-14-19(18-13)11(7-22-14)9-3-5-10(21-2)6-4-9/h3-8H,1-2H3,(H,16,18,20). The largest absolute Gasteiger partial charge is 0.497 e. The van der Waals surface area contributed by atoms with E-state index in [1.165, 1.54) is 11.3 Å². The van der Waals surface area contributed by atoms with Gasteiger partial charge in [-0.05, 0) is 31.2 Å². The van der Waals surface area contributed by atoms with Crippen molar-refractivity contribution >= 4 is 44.1 Å². The van der Waals surface area contributed by atoms with Crippen molar-refractivity contribution in [3.05, 3.63) is 29.6 Å². The molecule has 0 aliphatic rings. The first-order valence-electron chi connectivity index (χ1n) is 6.52. The molecule has 114 valence electrons. The molecule has 0 fully saturated rings. The van der Waals surface area contributed by atoms with Gasteiger partial charge >= 0.3 is 0 Å². The summed E-state index contributed by atoms with van der Waals surface area (Å²) in [5, 5.41) is 9.00. The molecule has 2 heterocycles. The van der Waals surface area contributed by atoms with E-state index in [0.29, 0.717) is 5.95 Å². The number of nitrogens with zero attached hydrogens (tertiary/aromatic N) is 3. The Labute approximate surface area is 139 Å². The van der Waals surface area contributed by atoms with Gasteiger partial charge in [0.25, 0.3) is 0 Å². The van der Waals surface area contributed by atoms with Gasteiger partial charge in [0, 0.05) is 10.9 Å². The van der Waals surface area contributed by atoms with Gasteiger partial charge in [0.2, 0.25) is 16.8 Å². The number of halogens is 1. The molecular weight excluding hydrogens is 368 g/mol. The van der Waals surface area contributed by atoms with E-state index in [9.17, 15) is 4.79 Å². The van der Waals surface area contributed by atoms with Crippen molar-refractivity contribution in [2.45, 2.75) is 11.8 Å². The summed E-state index contributed by atoms with van der Waals surface area (Å²) in [4.78, 5) is 16.4. The molecular formula is C14H13BrN4O2S. The molecule has 1 unspecified atom stereocenters. The first-order valence-corrected chi connectivity index (χ1v) is 8.31. The summed E-state index contributed by atoms with van der Waals surface area (Å²) in [6.45, 7) is 1.75. The van der Waals surface area contributed by atoms with E-state index in [2.05, 4.69) is 31.3 Å². The van der Waals surface area contributed by atoms with E-state index in [1.807, 2.05) is 29.6 Å². The van der Waals surface area contributed by atoms with Crippen molar-refractivity contribution in [2.75, 3.05) is 12.4 Å². The number of rotatable bonds is 4. The van der Waals surface area contributed by atoms with Crippen LogP contribution < -0.4 is 10.1 Å². The van der Waals surface area contributed by atoms with Crippen LogP contribution in [0, 0.1) is 0 Å². The fraction of sp³-hybridized carbons (Fsp3) is 0.214. The van der Waals surface area contributed by atoms with Gasteiger partial charge in [-0.2, -0.15) is 4.98 Å². The topological polar surface area (TPSA) is 68.5 Å². The Bertz CT molecular complexity index is 810. The van der Waals surface area contributed by atoms with Gasteiger partial charge in [-0.3, -0.25) is 10.1 Å². The molecule has 1 N–H and O–H groups in total. The molecule has 1 aromatic carbocycles. The third-order valence-corrected chi connectivity index (χ3v) is 4.30. The highest BCUT2D eigenvalue weighted by atomic mass is 79.9. The maximum Gasteiger partial charge on any atom is 0.250 e. The van der Waals surface area contributed by atoms with Gasteiger partial charge in [0.05, 0.1) is 17.6 Å². The molecule has 3 rings (SSSR count). The first kappa shape index (κ1) is 15.0. The number of thiazole rings is 1. The van der Waals surface area contributed by atoms with Crippen LogP contribution in [0.5, 0.6) is 5.75 Å². The molecule has 0 saturated carbocycles. The highest BCUT2D eigenvalue weighted by molar-refractivity contribution is 9.10. The molecule has 0 aliphatic carbocycles. The monoisotopic (exact) mass is 380 g/mol. The molecule has 8 heteroatoms. The molecule has 0 radical (unpaired) electrons. The molecule has 0 spiro atoms. The number of fused-ring (bicyclic) bond motifs is 1. The van der Waals surface area contributed by atoms with Crippen molar-refractivity contribution in [3.8, 4) is 17.0 Å². The zero-order valence-corrected chi connectivity index (χ0v) is 14.3. The minimum Gasteiger partial charge on any atom is -0.497 e. The molecule has 22 heavy (non-hydrogen) atoms. The van der Waals surface area contributed by atoms with Gasteiger partial charge in [0.15, 0.2) is 0 Å². The van der Waals surface area contributed by atoms with Crippen LogP contribution in [0.2, 0.25) is 0 Å². The highest BCUT2D eigenvalue weighted by Gasteiger charge is 2.15. The number of nitrogens with one attached hydrogen (secondary N) is 1. The number of carbonyl (C=O) groups excluding carboxylic acids is 1. The van der Waals surface area contributed by atoms with Crippen LogP contribution in [0.3, 0.4) is 0 Å². The van der Waals surface area contributed by atoms with Crippen LogP contribution in [0.4, 0.5) is 5.95 Å². The van der Waals surface area contributed by atoms with E-state index in [1.54, 1.807) is 18.5 Å². The molecule has 0 saturated heterocycles. The number of benzene rings is 1. The van der Waals surface area contributed by atoms with Gasteiger partial charge in [-0.15, -0.1) is 16.4 Å². The average molecular weight is 381 g/mol. The fourth-order valence-corrected chi connectivity index (χ4v) is 2.85. The van der Waals surface area contributed by atoms with Gasteiger partial charge in [-0.1, -0.05) is 15.9 Å². The number of amides is 1. The minimum absolute atomic E-state index is 0.177. The van der Waals surface area contributed by atoms with E-state index in [-0.39, 0.29) is 10.7 Å². The molecule has 1 amide bonds. The summed E-state index contributed by atoms with van der Waals surface area (Å²) in [6.07, 6.45) is 0. The third-order valence-electron chi connectivity index (χ3n) is 3.06. The summed E-state index contributed by atoms with van der Waals surface area (Å²) in [6, 6.07) is 7.71. The molecule has 3 aromatic rings. The number of hydrogen-bond acceptors (Lipinski definition) is 5. The maximum absolute atomic E-state index is 11.7. The lowest BCUT2D eigenvalue weighted by Crippen LogP contribution is -2.20. The summed E-state index contributed by atoms with van der Waals surface area (Å²) in [5.74, 6) is 0.926. The van der Waals surface area contributed by atoms with Crippen LogP contribution in [-0.4, -0.2) is 32.4 Å². The van der Waals surface area contributed by atoms with Gasteiger partial charge in [0.1, 0.15) is 5.75 Å². The van der Waals surface area contributed by atoms with Crippen LogP contribution in [0.1, 0.15) is 6.92 Å². The normalized spacial score (nSPS) is 12.3. The smallest absolute Gasteiger partial charge is 0.250 e. The quantitative estimate of drug-likeness (QED) is 0.705. The van der Waals surface area contributed by atoms with E-state index in [4.69, 9.17) is 4.74 Å². The zero-order chi connectivity index (χ0) is 15.7. The number of methoxy groups -OCH3 is 1. The second-order valence-electron chi connectivity index (χ2n) is 4.58. The fourth-order valence-electron chi connectivity index (χ4n) is 1.90. The van der Waals surface area contributed by atoms with E-state index in [0.717, 1.165) is 22.0 Å². The van der Waals surface area contributed by atoms with E-state index >= 15 is 0 Å². The van der Waals surface area contributed by atoms with Gasteiger partial charge < -0.3 is 4.74 Å². The zero-order valence-electron chi connectivity index (χ0n) is 11.9. The first-order chi connectivity index (χ1) is 10.6. The Morgan fingerprint density at radius 2 is 2.14 bits per heavy atom. The number of carbonyl (C=O) groups is 1. The maximum atomic E-state index is 11.7. The molecule has 0 bridgehead atoms. The van der Waals surface area contributed by atoms with Crippen molar-refractivity contribution in [1.29, 1.82) is 0 Å². The Balaban J connectivity index is 1.93. The average Bonchev–Trinajstić information content (AvgIpc) is 3.07. The van der Waals surface area contributed by atoms with Crippen LogP contribution in [0.15, 0.2) is 29.6 Å². The number of anilines is 1. The SMILES string of the molecule is COc1ccc(-c2csc3nc(NC(=O)C(C)Br)nn23)cc1. The highest BCUT2D eigenvalue weighted by Crippen LogP contribution is 2.27. The molecule has 1 atom stereocenters. The Kier molecular flexibility index (Phi) is 4.12. The van der Waals surface area contributed by atoms with Crippen molar-refractivity contribution in [3.63, 3.8) is 0 Å². The number of alkyl halides is 1. The number of aromatic nitrogens is 3. The Morgan fingerprint density at radius 1 is 1.41 bits per heavy atom. The molecule has 6 nitrogen and oxygen atoms in total. The number of hydrogen-bond donors (Lipinski definition) is 1. The second kappa shape index (κ2) is 6.05. The molecule has 2 aromatic heterocycles. The van der Waals surface area contributed by atoms with Crippen molar-refractivity contribution in [2.24, 2.45) is 0 Å². The summed E-state index contributed by atoms with van der Waals surface area (Å²) < 4.78 is 6.88. The lowest BCUT2D eigenvalue weighted by atomic mass is 10.2. The van der Waals surface area contributed by atoms with Crippen LogP contribution >= 0.6 is 27.3 Å². The minimum atomic E-state index is -0.296. The Morgan fingerprint density at radius 3 is 2.77 bits per heavy atom. The third kappa shape index (κ3) is 2.84. The van der Waals surface area contributed by atoms with Crippen LogP contribution in [0.25, 0.3) is 16.2 Å². The summed E-state index contributed by atoms with van der Waals surface area (Å²) in [7, 11) is 1.63. The van der Waals surface area contributed by atoms with Crippen molar-refractivity contribution in [1.82, 2.24) is 14.6 Å². The van der Waals surface area contributed by atoms with Crippen molar-refractivity contribution < 1.29 is 9.53 Å². The predicted octanol–water partition coefficient (Wildman–Crippen LogP) is 3.19. The number of ether oxygens (including phenoxy) is 1.